The Morgan fingerprint density at radius 3 is 1.43 bits per heavy atom. The van der Waals surface area contributed by atoms with Crippen molar-refractivity contribution in [1.82, 2.24) is 20.4 Å². The number of carboxylic acid groups (broad SMARTS) is 1. The molecule has 11 N–H and O–H groups in total. The number of nitrogens with two attached hydrogens (primary N) is 4. The fraction of sp³-hybridized carbons (Fsp3) is 0.0513. The largest absolute Gasteiger partial charge is 0.478 e. The Morgan fingerprint density at radius 1 is 0.667 bits per heavy atom. The predicted octanol–water partition coefficient (Wildman–Crippen LogP) is 4.60. The van der Waals surface area contributed by atoms with E-state index >= 15 is 0 Å². The van der Waals surface area contributed by atoms with E-state index in [4.69, 9.17) is 64.7 Å². The summed E-state index contributed by atoms with van der Waals surface area (Å²) in [4.78, 5) is 54.7. The van der Waals surface area contributed by atoms with E-state index in [0.717, 1.165) is 0 Å². The third-order valence-electron chi connectivity index (χ3n) is 6.13. The normalized spacial score (nSPS) is 8.77. The SMILES string of the molecule is CCOC(=O)c1cccc(Oc2cc(N)[nH]n2)c1.N#CC=C(Oc1ccccc1)Oc1ccccc1.NN.Nc1cc(Oc2cccc(C(=O)O)c2)n[nH]1.O=C=O.O=C=O. The molecular weight excluding hydrogens is 786 g/mol. The molecule has 6 rings (SSSR count). The Labute approximate surface area is 340 Å². The quantitative estimate of drug-likeness (QED) is 0.0308. The number of benzene rings is 4. The minimum atomic E-state index is -1.01. The molecule has 0 bridgehead atoms. The molecule has 310 valence electrons. The maximum Gasteiger partial charge on any atom is 0.373 e. The fourth-order valence-electron chi connectivity index (χ4n) is 3.92. The molecule has 0 amide bonds. The van der Waals surface area contributed by atoms with Crippen molar-refractivity contribution in [1.29, 1.82) is 5.26 Å². The van der Waals surface area contributed by atoms with E-state index in [1.807, 2.05) is 42.5 Å². The van der Waals surface area contributed by atoms with Crippen LogP contribution in [0.3, 0.4) is 0 Å². The highest BCUT2D eigenvalue weighted by molar-refractivity contribution is 5.90. The minimum absolute atomic E-state index is 0.148. The first-order chi connectivity index (χ1) is 29.0. The number of aromatic carboxylic acids is 1. The number of nitrogens with one attached hydrogen (secondary N) is 2. The number of nitriles is 1. The summed E-state index contributed by atoms with van der Waals surface area (Å²) in [5.74, 6) is 10.3. The van der Waals surface area contributed by atoms with Crippen LogP contribution in [0.4, 0.5) is 11.6 Å². The number of allylic oxidation sites excluding steroid dienone is 1. The number of anilines is 2. The molecule has 21 nitrogen and oxygen atoms in total. The molecule has 0 aliphatic rings. The monoisotopic (exact) mass is 823 g/mol. The second kappa shape index (κ2) is 29.3. The van der Waals surface area contributed by atoms with Gasteiger partial charge in [-0.25, -0.2) is 9.59 Å². The van der Waals surface area contributed by atoms with Crippen LogP contribution in [0.2, 0.25) is 0 Å². The predicted molar refractivity (Wildman–Crippen MR) is 208 cm³/mol. The molecule has 0 spiro atoms. The van der Waals surface area contributed by atoms with E-state index in [-0.39, 0.29) is 29.8 Å². The smallest absolute Gasteiger partial charge is 0.373 e. The molecule has 21 heteroatoms. The number of carbonyl (C=O) groups excluding carboxylic acids is 5. The van der Waals surface area contributed by atoms with Gasteiger partial charge in [0.2, 0.25) is 11.8 Å². The maximum atomic E-state index is 11.5. The van der Waals surface area contributed by atoms with Gasteiger partial charge in [0, 0.05) is 12.1 Å². The zero-order valence-corrected chi connectivity index (χ0v) is 31.4. The number of ether oxygens (including phenoxy) is 5. The molecule has 6 aromatic rings. The van der Waals surface area contributed by atoms with Gasteiger partial charge in [-0.3, -0.25) is 21.9 Å². The van der Waals surface area contributed by atoms with Gasteiger partial charge in [-0.2, -0.15) is 24.4 Å². The minimum Gasteiger partial charge on any atom is -0.478 e. The number of hydrogen-bond donors (Lipinski definition) is 7. The number of carboxylic acids is 1. The summed E-state index contributed by atoms with van der Waals surface area (Å²) < 4.78 is 26.6. The molecule has 2 heterocycles. The number of aromatic nitrogens is 4. The molecule has 0 saturated carbocycles. The number of rotatable bonds is 11. The van der Waals surface area contributed by atoms with Gasteiger partial charge in [-0.15, -0.1) is 10.2 Å². The number of esters is 1. The highest BCUT2D eigenvalue weighted by Gasteiger charge is 2.09. The standard InChI is InChI=1S/C15H11NO2.C12H13N3O3.C10H9N3O3.2CO2.H4N2/c16-12-11-15(17-13-7-3-1-4-8-13)18-14-9-5-2-6-10-14;1-2-17-12(16)8-4-3-5-9(6-8)18-11-7-10(13)14-15-11;11-8-5-9(13-12-8)16-7-3-1-2-6(4-7)10(14)15;2*2-1-3;1-2/h1-11H;3-7H,2H2,1H3,(H3,13,14,15);1-5H,(H,14,15)(H3,11,12,13);;;1-2H2. The van der Waals surface area contributed by atoms with Gasteiger partial charge in [-0.1, -0.05) is 48.5 Å². The highest BCUT2D eigenvalue weighted by Crippen LogP contribution is 2.23. The number of aromatic amines is 2. The van der Waals surface area contributed by atoms with Crippen LogP contribution >= 0.6 is 0 Å². The Morgan fingerprint density at radius 2 is 1.07 bits per heavy atom. The molecular formula is C39H37N9O12. The van der Waals surface area contributed by atoms with Gasteiger partial charge in [-0.05, 0) is 67.6 Å². The summed E-state index contributed by atoms with van der Waals surface area (Å²) in [5, 5.41) is 30.2. The lowest BCUT2D eigenvalue weighted by molar-refractivity contribution is -0.193. The lowest BCUT2D eigenvalue weighted by atomic mass is 10.2. The molecule has 2 aromatic heterocycles. The summed E-state index contributed by atoms with van der Waals surface area (Å²) in [6.45, 7) is 2.09. The summed E-state index contributed by atoms with van der Waals surface area (Å²) in [6.07, 6.45) is 1.72. The third kappa shape index (κ3) is 20.0. The molecule has 0 aliphatic heterocycles. The second-order valence-electron chi connectivity index (χ2n) is 10.2. The number of para-hydroxylation sites is 2. The number of carbonyl (C=O) groups is 2. The van der Waals surface area contributed by atoms with Crippen molar-refractivity contribution >= 4 is 35.9 Å². The van der Waals surface area contributed by atoms with Crippen molar-refractivity contribution in [2.75, 3.05) is 18.1 Å². The van der Waals surface area contributed by atoms with Crippen LogP contribution in [-0.2, 0) is 23.9 Å². The Kier molecular flexibility index (Phi) is 23.9. The lowest BCUT2D eigenvalue weighted by Gasteiger charge is -2.09. The first kappa shape index (κ1) is 49.0. The van der Waals surface area contributed by atoms with E-state index < -0.39 is 5.97 Å². The van der Waals surface area contributed by atoms with Crippen LogP contribution in [0.1, 0.15) is 27.6 Å². The molecule has 0 atom stereocenters. The molecule has 0 aliphatic carbocycles. The van der Waals surface area contributed by atoms with E-state index in [9.17, 15) is 9.59 Å². The highest BCUT2D eigenvalue weighted by atomic mass is 16.7. The van der Waals surface area contributed by atoms with Crippen molar-refractivity contribution < 1.29 is 57.6 Å². The van der Waals surface area contributed by atoms with Gasteiger partial charge in [0.25, 0.3) is 0 Å². The molecule has 4 aromatic carbocycles. The molecule has 0 fully saturated rings. The number of H-pyrrole nitrogens is 2. The second-order valence-corrected chi connectivity index (χ2v) is 10.2. The summed E-state index contributed by atoms with van der Waals surface area (Å²) >= 11 is 0. The van der Waals surface area contributed by atoms with E-state index in [2.05, 4.69) is 32.1 Å². The number of nitrogen functional groups attached to an aromatic ring is 2. The van der Waals surface area contributed by atoms with Crippen molar-refractivity contribution in [3.8, 4) is 40.8 Å². The number of hydrazine groups is 1. The van der Waals surface area contributed by atoms with Gasteiger partial charge >= 0.3 is 30.2 Å². The maximum absolute atomic E-state index is 11.5. The van der Waals surface area contributed by atoms with Crippen LogP contribution < -0.4 is 42.1 Å². The van der Waals surface area contributed by atoms with Crippen LogP contribution in [0.15, 0.2) is 133 Å². The van der Waals surface area contributed by atoms with Crippen LogP contribution in [-0.4, -0.2) is 56.3 Å². The van der Waals surface area contributed by atoms with E-state index in [1.54, 1.807) is 73.7 Å². The van der Waals surface area contributed by atoms with Crippen molar-refractivity contribution in [2.24, 2.45) is 11.7 Å². The molecule has 0 unspecified atom stereocenters. The molecule has 60 heavy (non-hydrogen) atoms. The molecule has 0 radical (unpaired) electrons. The first-order valence-corrected chi connectivity index (χ1v) is 16.5. The van der Waals surface area contributed by atoms with Gasteiger partial charge in [0.05, 0.1) is 29.9 Å². The Balaban J connectivity index is 0.000000414. The van der Waals surface area contributed by atoms with Gasteiger partial charge in [0.1, 0.15) is 34.6 Å². The summed E-state index contributed by atoms with van der Waals surface area (Å²) in [5.41, 5.74) is 11.5. The first-order valence-electron chi connectivity index (χ1n) is 16.5. The Hall–Kier alpha value is -9.05. The third-order valence-corrected chi connectivity index (χ3v) is 6.13. The topological polar surface area (TPSA) is 354 Å². The zero-order valence-electron chi connectivity index (χ0n) is 31.4. The summed E-state index contributed by atoms with van der Waals surface area (Å²) in [7, 11) is 0. The average molecular weight is 824 g/mol. The fourth-order valence-corrected chi connectivity index (χ4v) is 3.92. The number of hydrogen-bond acceptors (Lipinski definition) is 18. The summed E-state index contributed by atoms with van der Waals surface area (Å²) in [6, 6.07) is 36.1. The van der Waals surface area contributed by atoms with Crippen molar-refractivity contribution in [2.45, 2.75) is 6.92 Å². The number of nitrogens with zero attached hydrogens (tertiary/aromatic N) is 3. The van der Waals surface area contributed by atoms with Crippen LogP contribution in [0.5, 0.6) is 34.8 Å². The lowest BCUT2D eigenvalue weighted by Crippen LogP contribution is -2.04. The van der Waals surface area contributed by atoms with E-state index in [0.29, 0.717) is 58.6 Å². The van der Waals surface area contributed by atoms with Crippen molar-refractivity contribution in [3.05, 3.63) is 144 Å². The van der Waals surface area contributed by atoms with E-state index in [1.165, 1.54) is 24.3 Å². The van der Waals surface area contributed by atoms with Gasteiger partial charge in [0.15, 0.2) is 0 Å². The average Bonchev–Trinajstić information content (AvgIpc) is 3.86. The Bertz CT molecular complexity index is 2260. The zero-order chi connectivity index (χ0) is 44.5. The molecule has 0 saturated heterocycles. The van der Waals surface area contributed by atoms with Crippen molar-refractivity contribution in [3.63, 3.8) is 0 Å². The van der Waals surface area contributed by atoms with Crippen LogP contribution in [0.25, 0.3) is 0 Å². The van der Waals surface area contributed by atoms with Gasteiger partial charge < -0.3 is 40.3 Å². The van der Waals surface area contributed by atoms with Crippen LogP contribution in [0, 0.1) is 11.3 Å².